The topological polar surface area (TPSA) is 73.0 Å². The van der Waals surface area contributed by atoms with E-state index in [1.165, 1.54) is 23.2 Å². The zero-order valence-electron chi connectivity index (χ0n) is 20.8. The van der Waals surface area contributed by atoms with E-state index in [2.05, 4.69) is 38.4 Å². The van der Waals surface area contributed by atoms with Crippen LogP contribution in [0.25, 0.3) is 5.65 Å². The third kappa shape index (κ3) is 4.66. The van der Waals surface area contributed by atoms with Gasteiger partial charge in [-0.1, -0.05) is 18.2 Å². The second kappa shape index (κ2) is 9.87. The summed E-state index contributed by atoms with van der Waals surface area (Å²) in [5.74, 6) is 1.27. The number of phenols is 1. The smallest absolute Gasteiger partial charge is 0.211 e. The fraction of sp³-hybridized carbons (Fsp3) is 0.393. The van der Waals surface area contributed by atoms with Gasteiger partial charge in [-0.2, -0.15) is 0 Å². The Hall–Kier alpha value is -3.49. The van der Waals surface area contributed by atoms with Crippen LogP contribution >= 0.6 is 0 Å². The fourth-order valence-corrected chi connectivity index (χ4v) is 5.61. The van der Waals surface area contributed by atoms with Crippen LogP contribution in [0.4, 0.5) is 5.95 Å². The molecular weight excluding hydrogens is 450 g/mol. The van der Waals surface area contributed by atoms with E-state index in [1.807, 2.05) is 36.7 Å². The Morgan fingerprint density at radius 2 is 1.83 bits per heavy atom. The highest BCUT2D eigenvalue weighted by Gasteiger charge is 2.26. The average Bonchev–Trinajstić information content (AvgIpc) is 3.32. The highest BCUT2D eigenvalue weighted by atomic mass is 16.3. The molecule has 1 fully saturated rings. The third-order valence-corrected chi connectivity index (χ3v) is 7.52. The van der Waals surface area contributed by atoms with Crippen molar-refractivity contribution in [3.05, 3.63) is 83.6 Å². The van der Waals surface area contributed by atoms with Crippen LogP contribution in [-0.2, 0) is 19.5 Å². The van der Waals surface area contributed by atoms with E-state index >= 15 is 0 Å². The minimum atomic E-state index is 0.314. The molecule has 36 heavy (non-hydrogen) atoms. The largest absolute Gasteiger partial charge is 0.508 e. The van der Waals surface area contributed by atoms with Gasteiger partial charge in [-0.3, -0.25) is 19.2 Å². The molecule has 1 saturated heterocycles. The van der Waals surface area contributed by atoms with Crippen molar-refractivity contribution in [3.8, 4) is 5.75 Å². The molecule has 4 heterocycles. The molecule has 1 aromatic carbocycles. The predicted molar refractivity (Wildman–Crippen MR) is 140 cm³/mol. The van der Waals surface area contributed by atoms with Crippen molar-refractivity contribution in [2.45, 2.75) is 38.4 Å². The SMILES string of the molecule is CN(Cc1cn2c(N3CCN(Cc4ccc(O)cc4)CC3)nccc2n1)C1CCCc2cccnc21. The highest BCUT2D eigenvalue weighted by Crippen LogP contribution is 2.32. The van der Waals surface area contributed by atoms with Crippen LogP contribution in [0.1, 0.15) is 41.4 Å². The molecule has 1 N–H and O–H groups in total. The minimum Gasteiger partial charge on any atom is -0.508 e. The second-order valence-corrected chi connectivity index (χ2v) is 10.0. The number of rotatable bonds is 6. The second-order valence-electron chi connectivity index (χ2n) is 10.0. The van der Waals surface area contributed by atoms with Crippen molar-refractivity contribution in [3.63, 3.8) is 0 Å². The van der Waals surface area contributed by atoms with Crippen LogP contribution in [0.3, 0.4) is 0 Å². The van der Waals surface area contributed by atoms with Gasteiger partial charge in [0.05, 0.1) is 17.4 Å². The molecule has 1 atom stereocenters. The summed E-state index contributed by atoms with van der Waals surface area (Å²) >= 11 is 0. The average molecular weight is 484 g/mol. The van der Waals surface area contributed by atoms with Gasteiger partial charge in [0.15, 0.2) is 0 Å². The van der Waals surface area contributed by atoms with E-state index in [0.717, 1.165) is 69.4 Å². The first-order chi connectivity index (χ1) is 17.6. The van der Waals surface area contributed by atoms with E-state index in [9.17, 15) is 5.11 Å². The lowest BCUT2D eigenvalue weighted by Crippen LogP contribution is -2.46. The number of aromatic hydroxyl groups is 1. The Morgan fingerprint density at radius 3 is 2.67 bits per heavy atom. The molecule has 186 valence electrons. The molecule has 0 amide bonds. The molecule has 8 heteroatoms. The zero-order valence-corrected chi connectivity index (χ0v) is 20.8. The maximum atomic E-state index is 9.53. The van der Waals surface area contributed by atoms with Crippen molar-refractivity contribution in [2.75, 3.05) is 38.1 Å². The van der Waals surface area contributed by atoms with Gasteiger partial charge < -0.3 is 10.0 Å². The number of benzene rings is 1. The van der Waals surface area contributed by atoms with Gasteiger partial charge in [0.25, 0.3) is 0 Å². The Bertz CT molecular complexity index is 1330. The lowest BCUT2D eigenvalue weighted by Gasteiger charge is -2.35. The summed E-state index contributed by atoms with van der Waals surface area (Å²) in [5.41, 5.74) is 5.83. The van der Waals surface area contributed by atoms with E-state index in [4.69, 9.17) is 15.0 Å². The van der Waals surface area contributed by atoms with E-state index in [-0.39, 0.29) is 0 Å². The first kappa shape index (κ1) is 22.9. The molecule has 3 aromatic heterocycles. The van der Waals surface area contributed by atoms with E-state index in [0.29, 0.717) is 11.8 Å². The molecule has 1 aliphatic heterocycles. The monoisotopic (exact) mass is 483 g/mol. The predicted octanol–water partition coefficient (Wildman–Crippen LogP) is 3.66. The summed E-state index contributed by atoms with van der Waals surface area (Å²) in [7, 11) is 2.19. The Kier molecular flexibility index (Phi) is 6.29. The quantitative estimate of drug-likeness (QED) is 0.449. The van der Waals surface area contributed by atoms with Crippen LogP contribution in [0.15, 0.2) is 61.1 Å². The van der Waals surface area contributed by atoms with Gasteiger partial charge in [-0.15, -0.1) is 0 Å². The number of aryl methyl sites for hydroxylation is 1. The molecule has 0 spiro atoms. The van der Waals surface area contributed by atoms with Crippen molar-refractivity contribution in [1.82, 2.24) is 29.2 Å². The number of hydrogen-bond acceptors (Lipinski definition) is 7. The van der Waals surface area contributed by atoms with Crippen LogP contribution in [0.5, 0.6) is 5.75 Å². The summed E-state index contributed by atoms with van der Waals surface area (Å²) in [6.07, 6.45) is 9.40. The number of imidazole rings is 1. The molecule has 4 aromatic rings. The molecule has 1 aliphatic carbocycles. The zero-order chi connectivity index (χ0) is 24.5. The summed E-state index contributed by atoms with van der Waals surface area (Å²) in [6.45, 7) is 5.45. The Morgan fingerprint density at radius 1 is 1.00 bits per heavy atom. The maximum Gasteiger partial charge on any atom is 0.211 e. The Balaban J connectivity index is 1.14. The van der Waals surface area contributed by atoms with Gasteiger partial charge in [-0.25, -0.2) is 9.97 Å². The summed E-state index contributed by atoms with van der Waals surface area (Å²) in [6, 6.07) is 14.1. The highest BCUT2D eigenvalue weighted by molar-refractivity contribution is 5.48. The van der Waals surface area contributed by atoms with Gasteiger partial charge in [0.2, 0.25) is 5.95 Å². The molecule has 6 rings (SSSR count). The molecule has 0 bridgehead atoms. The summed E-state index contributed by atoms with van der Waals surface area (Å²) in [4.78, 5) is 21.6. The first-order valence-corrected chi connectivity index (χ1v) is 12.9. The van der Waals surface area contributed by atoms with Crippen LogP contribution in [-0.4, -0.2) is 67.5 Å². The van der Waals surface area contributed by atoms with E-state index in [1.54, 1.807) is 12.1 Å². The number of hydrogen-bond donors (Lipinski definition) is 1. The maximum absolute atomic E-state index is 9.53. The first-order valence-electron chi connectivity index (χ1n) is 12.9. The normalized spacial score (nSPS) is 18.6. The molecule has 0 radical (unpaired) electrons. The van der Waals surface area contributed by atoms with Crippen molar-refractivity contribution >= 4 is 11.6 Å². The minimum absolute atomic E-state index is 0.314. The van der Waals surface area contributed by atoms with Crippen molar-refractivity contribution in [1.29, 1.82) is 0 Å². The van der Waals surface area contributed by atoms with Gasteiger partial charge in [0, 0.05) is 57.9 Å². The van der Waals surface area contributed by atoms with Gasteiger partial charge in [0.1, 0.15) is 11.4 Å². The standard InChI is InChI=1S/C28H33N7O/c1-32(25-6-2-4-22-5-3-12-29-27(22)25)19-23-20-35-26(31-23)11-13-30-28(35)34-16-14-33(15-17-34)18-21-7-9-24(36)10-8-21/h3,5,7-13,20,25,36H,2,4,6,14-19H2,1H3. The number of piperazine rings is 1. The van der Waals surface area contributed by atoms with Crippen molar-refractivity contribution < 1.29 is 5.11 Å². The number of fused-ring (bicyclic) bond motifs is 2. The molecule has 2 aliphatic rings. The lowest BCUT2D eigenvalue weighted by atomic mass is 9.91. The molecule has 8 nitrogen and oxygen atoms in total. The molecule has 0 saturated carbocycles. The van der Waals surface area contributed by atoms with Gasteiger partial charge >= 0.3 is 0 Å². The fourth-order valence-electron chi connectivity index (χ4n) is 5.61. The van der Waals surface area contributed by atoms with Crippen LogP contribution in [0.2, 0.25) is 0 Å². The summed E-state index contributed by atoms with van der Waals surface area (Å²) in [5, 5.41) is 9.53. The number of aromatic nitrogens is 4. The lowest BCUT2D eigenvalue weighted by molar-refractivity contribution is 0.206. The number of pyridine rings is 1. The molecular formula is C28H33N7O. The molecule has 1 unspecified atom stereocenters. The van der Waals surface area contributed by atoms with Gasteiger partial charge in [-0.05, 0) is 61.7 Å². The van der Waals surface area contributed by atoms with Crippen LogP contribution in [0, 0.1) is 0 Å². The number of anilines is 1. The third-order valence-electron chi connectivity index (χ3n) is 7.52. The van der Waals surface area contributed by atoms with Crippen LogP contribution < -0.4 is 4.90 Å². The van der Waals surface area contributed by atoms with E-state index < -0.39 is 0 Å². The summed E-state index contributed by atoms with van der Waals surface area (Å²) < 4.78 is 2.14. The number of nitrogens with zero attached hydrogens (tertiary/aromatic N) is 7. The van der Waals surface area contributed by atoms with Crippen molar-refractivity contribution in [2.24, 2.45) is 0 Å². The number of phenolic OH excluding ortho intramolecular Hbond substituents is 1. The Labute approximate surface area is 211 Å².